The first kappa shape index (κ1) is 14.1. The van der Waals surface area contributed by atoms with Gasteiger partial charge < -0.3 is 8.85 Å². The molecule has 0 aromatic rings. The van der Waals surface area contributed by atoms with Crippen molar-refractivity contribution in [2.75, 3.05) is 14.2 Å². The van der Waals surface area contributed by atoms with Crippen LogP contribution in [-0.4, -0.2) is 23.5 Å². The van der Waals surface area contributed by atoms with Crippen molar-refractivity contribution in [1.29, 1.82) is 0 Å². The highest BCUT2D eigenvalue weighted by atomic mass is 28.3. The molecule has 0 fully saturated rings. The molecule has 0 saturated carbocycles. The third-order valence-electron chi connectivity index (χ3n) is 3.03. The van der Waals surface area contributed by atoms with Crippen LogP contribution >= 0.6 is 0 Å². The zero-order valence-electron chi connectivity index (χ0n) is 10.4. The van der Waals surface area contributed by atoms with Crippen LogP contribution in [0.25, 0.3) is 0 Å². The average Bonchev–Trinajstić information content (AvgIpc) is 2.18. The molecule has 0 atom stereocenters. The van der Waals surface area contributed by atoms with Crippen LogP contribution in [0, 0.1) is 5.41 Å². The van der Waals surface area contributed by atoms with Crippen molar-refractivity contribution in [2.45, 2.75) is 52.5 Å². The molecule has 0 aliphatic heterocycles. The summed E-state index contributed by atoms with van der Waals surface area (Å²) in [6.07, 6.45) is 5.14. The zero-order valence-corrected chi connectivity index (χ0v) is 11.6. The lowest BCUT2D eigenvalue weighted by Gasteiger charge is -2.22. The molecule has 0 heterocycles. The second kappa shape index (κ2) is 7.43. The summed E-state index contributed by atoms with van der Waals surface area (Å²) in [5.74, 6) is 0. The Hall–Kier alpha value is 0.137. The molecule has 0 N–H and O–H groups in total. The minimum atomic E-state index is -1.29. The van der Waals surface area contributed by atoms with Gasteiger partial charge in [0.15, 0.2) is 0 Å². The topological polar surface area (TPSA) is 18.5 Å². The first-order valence-electron chi connectivity index (χ1n) is 5.61. The fourth-order valence-corrected chi connectivity index (χ4v) is 2.71. The normalized spacial score (nSPS) is 12.4. The van der Waals surface area contributed by atoms with Crippen LogP contribution in [0.3, 0.4) is 0 Å². The van der Waals surface area contributed by atoms with E-state index in [0.717, 1.165) is 6.04 Å². The molecule has 86 valence electrons. The third kappa shape index (κ3) is 6.57. The Morgan fingerprint density at radius 1 is 1.07 bits per heavy atom. The summed E-state index contributed by atoms with van der Waals surface area (Å²) in [7, 11) is 2.23. The van der Waals surface area contributed by atoms with Gasteiger partial charge in [0, 0.05) is 14.2 Å². The lowest BCUT2D eigenvalue weighted by atomic mass is 9.85. The maximum absolute atomic E-state index is 5.27. The molecule has 0 radical (unpaired) electrons. The predicted octanol–water partition coefficient (Wildman–Crippen LogP) is 3.11. The van der Waals surface area contributed by atoms with E-state index in [1.807, 2.05) is 0 Å². The van der Waals surface area contributed by atoms with E-state index in [2.05, 4.69) is 20.8 Å². The fourth-order valence-electron chi connectivity index (χ4n) is 1.42. The van der Waals surface area contributed by atoms with E-state index in [0.29, 0.717) is 5.41 Å². The van der Waals surface area contributed by atoms with Gasteiger partial charge in [-0.05, 0) is 17.9 Å². The second-order valence-electron chi connectivity index (χ2n) is 4.66. The standard InChI is InChI=1S/C11H26O2Si/c1-6-11(2,3)9-7-8-10-14(12-4)13-5/h14H,6-10H2,1-5H3. The SMILES string of the molecule is CCC(C)(C)CCCC[SiH](OC)OC. The van der Waals surface area contributed by atoms with Gasteiger partial charge in [0.25, 0.3) is 0 Å². The monoisotopic (exact) mass is 218 g/mol. The molecular weight excluding hydrogens is 192 g/mol. The second-order valence-corrected chi connectivity index (χ2v) is 7.04. The van der Waals surface area contributed by atoms with Crippen molar-refractivity contribution < 1.29 is 8.85 Å². The van der Waals surface area contributed by atoms with Crippen molar-refractivity contribution in [3.05, 3.63) is 0 Å². The predicted molar refractivity (Wildman–Crippen MR) is 63.9 cm³/mol. The van der Waals surface area contributed by atoms with Gasteiger partial charge in [-0.3, -0.25) is 0 Å². The Morgan fingerprint density at radius 2 is 1.64 bits per heavy atom. The lowest BCUT2D eigenvalue weighted by molar-refractivity contribution is 0.272. The number of hydrogen-bond acceptors (Lipinski definition) is 2. The molecule has 3 heteroatoms. The van der Waals surface area contributed by atoms with E-state index in [4.69, 9.17) is 8.85 Å². The first-order chi connectivity index (χ1) is 6.55. The maximum Gasteiger partial charge on any atom is 0.320 e. The van der Waals surface area contributed by atoms with Crippen LogP contribution in [0.5, 0.6) is 0 Å². The molecule has 0 spiro atoms. The van der Waals surface area contributed by atoms with Crippen LogP contribution in [-0.2, 0) is 8.85 Å². The summed E-state index contributed by atoms with van der Waals surface area (Å²) >= 11 is 0. The van der Waals surface area contributed by atoms with Gasteiger partial charge in [-0.1, -0.05) is 40.0 Å². The summed E-state index contributed by atoms with van der Waals surface area (Å²) in [5, 5.41) is 0. The third-order valence-corrected chi connectivity index (χ3v) is 4.96. The van der Waals surface area contributed by atoms with Gasteiger partial charge in [0.1, 0.15) is 0 Å². The highest BCUT2D eigenvalue weighted by Crippen LogP contribution is 2.27. The molecular formula is C11H26O2Si. The van der Waals surface area contributed by atoms with Gasteiger partial charge in [-0.15, -0.1) is 0 Å². The number of unbranched alkanes of at least 4 members (excludes halogenated alkanes) is 1. The zero-order chi connectivity index (χ0) is 11.0. The van der Waals surface area contributed by atoms with E-state index in [-0.39, 0.29) is 0 Å². The molecule has 2 nitrogen and oxygen atoms in total. The smallest absolute Gasteiger partial charge is 0.320 e. The van der Waals surface area contributed by atoms with E-state index >= 15 is 0 Å². The molecule has 0 aromatic heterocycles. The van der Waals surface area contributed by atoms with Crippen LogP contribution in [0.4, 0.5) is 0 Å². The minimum Gasteiger partial charge on any atom is -0.400 e. The number of hydrogen-bond donors (Lipinski definition) is 0. The Labute approximate surface area is 90.8 Å². The van der Waals surface area contributed by atoms with E-state index < -0.39 is 9.28 Å². The largest absolute Gasteiger partial charge is 0.400 e. The van der Waals surface area contributed by atoms with E-state index in [1.54, 1.807) is 14.2 Å². The highest BCUT2D eigenvalue weighted by Gasteiger charge is 2.15. The van der Waals surface area contributed by atoms with Crippen molar-refractivity contribution >= 4 is 9.28 Å². The molecule has 0 rings (SSSR count). The van der Waals surface area contributed by atoms with Crippen LogP contribution in [0.1, 0.15) is 46.5 Å². The summed E-state index contributed by atoms with van der Waals surface area (Å²) in [5.41, 5.74) is 0.511. The van der Waals surface area contributed by atoms with Crippen LogP contribution in [0.15, 0.2) is 0 Å². The Morgan fingerprint density at radius 3 is 2.07 bits per heavy atom. The van der Waals surface area contributed by atoms with Crippen molar-refractivity contribution in [3.63, 3.8) is 0 Å². The van der Waals surface area contributed by atoms with Crippen LogP contribution in [0.2, 0.25) is 6.04 Å². The van der Waals surface area contributed by atoms with Crippen molar-refractivity contribution in [2.24, 2.45) is 5.41 Å². The molecule has 0 amide bonds. The maximum atomic E-state index is 5.27. The van der Waals surface area contributed by atoms with Gasteiger partial charge in [-0.2, -0.15) is 0 Å². The van der Waals surface area contributed by atoms with Crippen LogP contribution < -0.4 is 0 Å². The quantitative estimate of drug-likeness (QED) is 0.460. The summed E-state index contributed by atoms with van der Waals surface area (Å²) in [6.45, 7) is 6.95. The molecule has 0 aliphatic carbocycles. The highest BCUT2D eigenvalue weighted by molar-refractivity contribution is 6.44. The van der Waals surface area contributed by atoms with Crippen molar-refractivity contribution in [1.82, 2.24) is 0 Å². The molecule has 14 heavy (non-hydrogen) atoms. The van der Waals surface area contributed by atoms with Crippen molar-refractivity contribution in [3.8, 4) is 0 Å². The van der Waals surface area contributed by atoms with E-state index in [9.17, 15) is 0 Å². The lowest BCUT2D eigenvalue weighted by Crippen LogP contribution is -2.18. The van der Waals surface area contributed by atoms with E-state index in [1.165, 1.54) is 25.7 Å². The van der Waals surface area contributed by atoms with Gasteiger partial charge in [0.2, 0.25) is 0 Å². The van der Waals surface area contributed by atoms with Gasteiger partial charge in [0.05, 0.1) is 0 Å². The number of rotatable bonds is 8. The first-order valence-corrected chi connectivity index (χ1v) is 7.37. The summed E-state index contributed by atoms with van der Waals surface area (Å²) in [6, 6.07) is 1.15. The Kier molecular flexibility index (Phi) is 7.50. The average molecular weight is 218 g/mol. The minimum absolute atomic E-state index is 0.511. The summed E-state index contributed by atoms with van der Waals surface area (Å²) in [4.78, 5) is 0. The van der Waals surface area contributed by atoms with Gasteiger partial charge >= 0.3 is 9.28 Å². The van der Waals surface area contributed by atoms with Gasteiger partial charge in [-0.25, -0.2) is 0 Å². The molecule has 0 unspecified atom stereocenters. The Balaban J connectivity index is 3.45. The fraction of sp³-hybridized carbons (Fsp3) is 1.00. The Bertz CT molecular complexity index is 133. The molecule has 0 aliphatic rings. The molecule has 0 saturated heterocycles. The molecule has 0 aromatic carbocycles. The molecule has 0 bridgehead atoms. The summed E-state index contributed by atoms with van der Waals surface area (Å²) < 4.78 is 10.5.